The van der Waals surface area contributed by atoms with Crippen molar-refractivity contribution in [1.82, 2.24) is 10.2 Å². The number of likely N-dealkylation sites (tertiary alicyclic amines) is 1. The molecule has 1 amide bonds. The van der Waals surface area contributed by atoms with E-state index >= 15 is 0 Å². The van der Waals surface area contributed by atoms with Gasteiger partial charge in [-0.3, -0.25) is 9.59 Å². The standard InChI is InChI=1S/C28H37ClN2O5/c1-35-22-13-10-20(11-14-22)25(32)8-4-3-5-9-27(33)30-24(19-31-16-6-7-17-31)28(34)21-12-15-26(36-2)23(29)18-21/h10-15,18,24,28,34H,3-9,16-17,19H2,1-2H3,(H,30,33)/t24?,28-/m1/s1. The lowest BCUT2D eigenvalue weighted by molar-refractivity contribution is -0.123. The maximum atomic E-state index is 12.7. The number of aliphatic hydroxyl groups excluding tert-OH is 1. The number of hydrogen-bond acceptors (Lipinski definition) is 6. The lowest BCUT2D eigenvalue weighted by Gasteiger charge is -2.29. The Morgan fingerprint density at radius 2 is 1.69 bits per heavy atom. The van der Waals surface area contributed by atoms with E-state index in [-0.39, 0.29) is 11.7 Å². The third kappa shape index (κ3) is 8.22. The summed E-state index contributed by atoms with van der Waals surface area (Å²) in [6.45, 7) is 2.50. The average Bonchev–Trinajstić information content (AvgIpc) is 3.40. The van der Waals surface area contributed by atoms with Crippen LogP contribution in [0.4, 0.5) is 0 Å². The third-order valence-electron chi connectivity index (χ3n) is 6.62. The molecule has 1 fully saturated rings. The lowest BCUT2D eigenvalue weighted by Crippen LogP contribution is -2.46. The van der Waals surface area contributed by atoms with Gasteiger partial charge in [0.15, 0.2) is 5.78 Å². The second kappa shape index (κ2) is 14.2. The molecule has 0 spiro atoms. The number of benzene rings is 2. The van der Waals surface area contributed by atoms with Crippen LogP contribution < -0.4 is 14.8 Å². The largest absolute Gasteiger partial charge is 0.497 e. The first-order chi connectivity index (χ1) is 17.4. The van der Waals surface area contributed by atoms with E-state index in [4.69, 9.17) is 21.1 Å². The Morgan fingerprint density at radius 1 is 1.00 bits per heavy atom. The fourth-order valence-electron chi connectivity index (χ4n) is 4.51. The number of amides is 1. The summed E-state index contributed by atoms with van der Waals surface area (Å²) in [4.78, 5) is 27.4. The van der Waals surface area contributed by atoms with E-state index < -0.39 is 12.1 Å². The summed E-state index contributed by atoms with van der Waals surface area (Å²) >= 11 is 6.26. The molecule has 36 heavy (non-hydrogen) atoms. The molecular weight excluding hydrogens is 480 g/mol. The van der Waals surface area contributed by atoms with Crippen molar-refractivity contribution in [1.29, 1.82) is 0 Å². The van der Waals surface area contributed by atoms with Crippen LogP contribution in [0.2, 0.25) is 5.02 Å². The van der Waals surface area contributed by atoms with Gasteiger partial charge in [-0.15, -0.1) is 0 Å². The molecule has 2 atom stereocenters. The van der Waals surface area contributed by atoms with Gasteiger partial charge in [-0.2, -0.15) is 0 Å². The maximum absolute atomic E-state index is 12.7. The zero-order valence-electron chi connectivity index (χ0n) is 21.2. The summed E-state index contributed by atoms with van der Waals surface area (Å²) < 4.78 is 10.3. The number of ether oxygens (including phenoxy) is 2. The summed E-state index contributed by atoms with van der Waals surface area (Å²) in [7, 11) is 3.14. The smallest absolute Gasteiger partial charge is 0.220 e. The van der Waals surface area contributed by atoms with Crippen LogP contribution in [-0.2, 0) is 4.79 Å². The van der Waals surface area contributed by atoms with Gasteiger partial charge < -0.3 is 24.8 Å². The highest BCUT2D eigenvalue weighted by Gasteiger charge is 2.27. The normalized spacial score (nSPS) is 15.3. The van der Waals surface area contributed by atoms with Gasteiger partial charge in [-0.05, 0) is 80.7 Å². The Morgan fingerprint density at radius 3 is 2.33 bits per heavy atom. The molecule has 0 saturated carbocycles. The summed E-state index contributed by atoms with van der Waals surface area (Å²) in [6, 6.07) is 11.9. The number of rotatable bonds is 14. The predicted molar refractivity (Wildman–Crippen MR) is 141 cm³/mol. The molecule has 0 aliphatic carbocycles. The number of carbonyl (C=O) groups is 2. The Labute approximate surface area is 218 Å². The van der Waals surface area contributed by atoms with E-state index in [0.717, 1.165) is 44.5 Å². The Bertz CT molecular complexity index is 992. The van der Waals surface area contributed by atoms with E-state index in [1.54, 1.807) is 56.7 Å². The van der Waals surface area contributed by atoms with Crippen LogP contribution in [-0.4, -0.2) is 61.6 Å². The van der Waals surface area contributed by atoms with Crippen LogP contribution in [0.1, 0.15) is 67.0 Å². The molecule has 1 aliphatic heterocycles. The van der Waals surface area contributed by atoms with E-state index in [0.29, 0.717) is 47.7 Å². The van der Waals surface area contributed by atoms with E-state index in [9.17, 15) is 14.7 Å². The number of aliphatic hydroxyl groups is 1. The number of methoxy groups -OCH3 is 2. The maximum Gasteiger partial charge on any atom is 0.220 e. The van der Waals surface area contributed by atoms with Gasteiger partial charge in [-0.1, -0.05) is 24.1 Å². The van der Waals surface area contributed by atoms with E-state index in [2.05, 4.69) is 10.2 Å². The van der Waals surface area contributed by atoms with Gasteiger partial charge >= 0.3 is 0 Å². The number of halogens is 1. The van der Waals surface area contributed by atoms with Crippen LogP contribution in [0, 0.1) is 0 Å². The molecule has 0 radical (unpaired) electrons. The SMILES string of the molecule is COc1ccc(C(=O)CCCCCC(=O)NC(CN2CCCC2)[C@H](O)c2ccc(OC)c(Cl)c2)cc1. The zero-order chi connectivity index (χ0) is 25.9. The minimum atomic E-state index is -0.889. The predicted octanol–water partition coefficient (Wildman–Crippen LogP) is 4.80. The molecule has 196 valence electrons. The van der Waals surface area contributed by atoms with Gasteiger partial charge in [0.2, 0.25) is 5.91 Å². The van der Waals surface area contributed by atoms with Crippen molar-refractivity contribution in [3.05, 3.63) is 58.6 Å². The van der Waals surface area contributed by atoms with Gasteiger partial charge in [-0.25, -0.2) is 0 Å². The van der Waals surface area contributed by atoms with Crippen molar-refractivity contribution >= 4 is 23.3 Å². The first-order valence-electron chi connectivity index (χ1n) is 12.6. The van der Waals surface area contributed by atoms with Crippen LogP contribution in [0.5, 0.6) is 11.5 Å². The molecule has 0 aromatic heterocycles. The molecule has 0 bridgehead atoms. The zero-order valence-corrected chi connectivity index (χ0v) is 21.9. The van der Waals surface area contributed by atoms with Gasteiger partial charge in [0, 0.05) is 24.9 Å². The van der Waals surface area contributed by atoms with Gasteiger partial charge in [0.25, 0.3) is 0 Å². The highest BCUT2D eigenvalue weighted by atomic mass is 35.5. The highest BCUT2D eigenvalue weighted by Crippen LogP contribution is 2.29. The average molecular weight is 517 g/mol. The fourth-order valence-corrected chi connectivity index (χ4v) is 4.78. The first kappa shape index (κ1) is 28.0. The number of nitrogens with one attached hydrogen (secondary N) is 1. The van der Waals surface area contributed by atoms with Crippen molar-refractivity contribution < 1.29 is 24.2 Å². The third-order valence-corrected chi connectivity index (χ3v) is 6.91. The number of nitrogens with zero attached hydrogens (tertiary/aromatic N) is 1. The number of hydrogen-bond donors (Lipinski definition) is 2. The number of Topliss-reactive ketones (excluding diaryl/α,β-unsaturated/α-hetero) is 1. The molecule has 1 heterocycles. The van der Waals surface area contributed by atoms with Crippen molar-refractivity contribution in [2.75, 3.05) is 33.9 Å². The molecule has 2 aromatic carbocycles. The number of carbonyl (C=O) groups excluding carboxylic acids is 2. The van der Waals surface area contributed by atoms with Crippen molar-refractivity contribution in [2.24, 2.45) is 0 Å². The van der Waals surface area contributed by atoms with Gasteiger partial charge in [0.05, 0.1) is 25.3 Å². The first-order valence-corrected chi connectivity index (χ1v) is 13.0. The number of ketones is 1. The summed E-state index contributed by atoms with van der Waals surface area (Å²) in [5, 5.41) is 14.6. The molecule has 8 heteroatoms. The Balaban J connectivity index is 1.48. The molecule has 3 rings (SSSR count). The Hall–Kier alpha value is -2.61. The van der Waals surface area contributed by atoms with Crippen molar-refractivity contribution in [2.45, 2.75) is 57.1 Å². The highest BCUT2D eigenvalue weighted by molar-refractivity contribution is 6.32. The molecule has 1 unspecified atom stereocenters. The van der Waals surface area contributed by atoms with Crippen LogP contribution in [0.15, 0.2) is 42.5 Å². The minimum absolute atomic E-state index is 0.0917. The second-order valence-electron chi connectivity index (χ2n) is 9.23. The second-order valence-corrected chi connectivity index (χ2v) is 9.64. The van der Waals surface area contributed by atoms with Crippen LogP contribution >= 0.6 is 11.6 Å². The van der Waals surface area contributed by atoms with Gasteiger partial charge in [0.1, 0.15) is 17.6 Å². The lowest BCUT2D eigenvalue weighted by atomic mass is 10.0. The summed E-state index contributed by atoms with van der Waals surface area (Å²) in [5.74, 6) is 1.26. The van der Waals surface area contributed by atoms with Crippen molar-refractivity contribution in [3.63, 3.8) is 0 Å². The Kier molecular flexibility index (Phi) is 11.0. The fraction of sp³-hybridized carbons (Fsp3) is 0.500. The molecule has 1 saturated heterocycles. The van der Waals surface area contributed by atoms with Crippen LogP contribution in [0.25, 0.3) is 0 Å². The van der Waals surface area contributed by atoms with Crippen LogP contribution in [0.3, 0.4) is 0 Å². The molecular formula is C28H37ClN2O5. The molecule has 7 nitrogen and oxygen atoms in total. The topological polar surface area (TPSA) is 88.1 Å². The quantitative estimate of drug-likeness (QED) is 0.277. The number of unbranched alkanes of at least 4 members (excludes halogenated alkanes) is 2. The monoisotopic (exact) mass is 516 g/mol. The van der Waals surface area contributed by atoms with Crippen molar-refractivity contribution in [3.8, 4) is 11.5 Å². The molecule has 1 aliphatic rings. The minimum Gasteiger partial charge on any atom is -0.497 e. The van der Waals surface area contributed by atoms with E-state index in [1.807, 2.05) is 0 Å². The molecule has 2 aromatic rings. The summed E-state index contributed by atoms with van der Waals surface area (Å²) in [6.07, 6.45) is 4.35. The van der Waals surface area contributed by atoms with E-state index in [1.165, 1.54) is 0 Å². The molecule has 2 N–H and O–H groups in total. The summed E-state index contributed by atoms with van der Waals surface area (Å²) in [5.41, 5.74) is 1.31.